The fraction of sp³-hybridized carbons (Fsp3) is 0.286. The van der Waals surface area contributed by atoms with Gasteiger partial charge in [0.2, 0.25) is 0 Å². The van der Waals surface area contributed by atoms with E-state index in [1.54, 1.807) is 41.3 Å². The Balaban J connectivity index is 1.55. The van der Waals surface area contributed by atoms with Gasteiger partial charge in [-0.3, -0.25) is 14.4 Å². The third-order valence-corrected chi connectivity index (χ3v) is 5.04. The second-order valence-corrected chi connectivity index (χ2v) is 7.59. The maximum absolute atomic E-state index is 12.7. The Morgan fingerprint density at radius 1 is 1.04 bits per heavy atom. The minimum absolute atomic E-state index is 0.0305. The second kappa shape index (κ2) is 9.01. The number of nitrogens with one attached hydrogen (secondary N) is 1. The van der Waals surface area contributed by atoms with Gasteiger partial charge in [0.15, 0.2) is 0 Å². The lowest BCUT2D eigenvalue weighted by Crippen LogP contribution is -2.46. The number of hydrogen-bond acceptors (Lipinski definition) is 4. The summed E-state index contributed by atoms with van der Waals surface area (Å²) >= 11 is 3.37. The van der Waals surface area contributed by atoms with Gasteiger partial charge in [-0.05, 0) is 49.2 Å². The van der Waals surface area contributed by atoms with Crippen molar-refractivity contribution in [2.24, 2.45) is 0 Å². The molecule has 1 fully saturated rings. The highest BCUT2D eigenvalue weighted by atomic mass is 79.9. The third kappa shape index (κ3) is 5.19. The number of carbonyl (C=O) groups is 3. The van der Waals surface area contributed by atoms with E-state index >= 15 is 0 Å². The van der Waals surface area contributed by atoms with Crippen LogP contribution < -0.4 is 10.1 Å². The van der Waals surface area contributed by atoms with Crippen LogP contribution in [0.1, 0.15) is 40.5 Å². The van der Waals surface area contributed by atoms with E-state index in [2.05, 4.69) is 21.2 Å². The number of piperidine rings is 1. The summed E-state index contributed by atoms with van der Waals surface area (Å²) in [5, 5.41) is 3.04. The van der Waals surface area contributed by atoms with Crippen LogP contribution in [-0.2, 0) is 4.79 Å². The van der Waals surface area contributed by atoms with Crippen molar-refractivity contribution in [3.63, 3.8) is 0 Å². The molecule has 1 aliphatic rings. The average molecular weight is 445 g/mol. The van der Waals surface area contributed by atoms with E-state index < -0.39 is 5.97 Å². The summed E-state index contributed by atoms with van der Waals surface area (Å²) in [6.07, 6.45) is 1.38. The van der Waals surface area contributed by atoms with Crippen LogP contribution in [0, 0.1) is 0 Å². The van der Waals surface area contributed by atoms with Gasteiger partial charge in [0.25, 0.3) is 11.8 Å². The Hall–Kier alpha value is -2.67. The number of rotatable bonds is 4. The van der Waals surface area contributed by atoms with E-state index in [0.29, 0.717) is 42.8 Å². The van der Waals surface area contributed by atoms with Crippen molar-refractivity contribution in [2.45, 2.75) is 25.8 Å². The summed E-state index contributed by atoms with van der Waals surface area (Å²) in [6.45, 7) is 2.43. The number of ether oxygens (including phenoxy) is 1. The summed E-state index contributed by atoms with van der Waals surface area (Å²) in [5.74, 6) is -0.285. The number of nitrogens with zero attached hydrogens (tertiary/aromatic N) is 1. The third-order valence-electron chi connectivity index (χ3n) is 4.55. The van der Waals surface area contributed by atoms with Crippen molar-refractivity contribution in [3.8, 4) is 5.75 Å². The summed E-state index contributed by atoms with van der Waals surface area (Å²) in [4.78, 5) is 37.9. The van der Waals surface area contributed by atoms with Gasteiger partial charge in [-0.15, -0.1) is 0 Å². The van der Waals surface area contributed by atoms with Crippen LogP contribution in [0.15, 0.2) is 53.0 Å². The molecule has 3 rings (SSSR count). The molecule has 146 valence electrons. The van der Waals surface area contributed by atoms with Crippen LogP contribution in [0.5, 0.6) is 5.75 Å². The lowest BCUT2D eigenvalue weighted by molar-refractivity contribution is -0.131. The smallest absolute Gasteiger partial charge is 0.308 e. The minimum Gasteiger partial charge on any atom is -0.427 e. The molecule has 2 aromatic rings. The van der Waals surface area contributed by atoms with Crippen molar-refractivity contribution in [3.05, 3.63) is 64.1 Å². The number of benzene rings is 2. The number of esters is 1. The molecule has 0 aromatic heterocycles. The lowest BCUT2D eigenvalue weighted by atomic mass is 10.0. The van der Waals surface area contributed by atoms with Crippen molar-refractivity contribution in [2.75, 3.05) is 13.1 Å². The number of likely N-dealkylation sites (tertiary alicyclic amines) is 1. The highest BCUT2D eigenvalue weighted by Gasteiger charge is 2.25. The number of amides is 2. The molecule has 0 spiro atoms. The first kappa shape index (κ1) is 20.1. The Bertz CT molecular complexity index is 891. The first-order valence-electron chi connectivity index (χ1n) is 9.06. The lowest BCUT2D eigenvalue weighted by Gasteiger charge is -2.32. The fourth-order valence-electron chi connectivity index (χ4n) is 3.17. The normalized spacial score (nSPS) is 14.4. The molecule has 28 heavy (non-hydrogen) atoms. The zero-order chi connectivity index (χ0) is 20.1. The van der Waals surface area contributed by atoms with Crippen LogP contribution in [0.25, 0.3) is 0 Å². The quantitative estimate of drug-likeness (QED) is 0.578. The first-order valence-corrected chi connectivity index (χ1v) is 9.86. The van der Waals surface area contributed by atoms with Gasteiger partial charge in [-0.25, -0.2) is 0 Å². The van der Waals surface area contributed by atoms with Crippen LogP contribution >= 0.6 is 15.9 Å². The molecule has 0 atom stereocenters. The highest BCUT2D eigenvalue weighted by molar-refractivity contribution is 9.10. The van der Waals surface area contributed by atoms with Crippen molar-refractivity contribution >= 4 is 33.7 Å². The molecule has 1 aliphatic heterocycles. The molecule has 0 radical (unpaired) electrons. The number of hydrogen-bond donors (Lipinski definition) is 1. The minimum atomic E-state index is -0.424. The standard InChI is InChI=1S/C21H21BrN2O4/c1-14(25)28-19-7-3-5-16(13-19)21(27)24-10-8-18(9-11-24)23-20(26)15-4-2-6-17(22)12-15/h2-7,12-13,18H,8-11H2,1H3,(H,23,26). The molecule has 0 aliphatic carbocycles. The van der Waals surface area contributed by atoms with Gasteiger partial charge in [0.1, 0.15) is 5.75 Å². The number of halogens is 1. The van der Waals surface area contributed by atoms with Gasteiger partial charge >= 0.3 is 5.97 Å². The van der Waals surface area contributed by atoms with Crippen molar-refractivity contribution < 1.29 is 19.1 Å². The van der Waals surface area contributed by atoms with Crippen molar-refractivity contribution in [1.29, 1.82) is 0 Å². The molecule has 1 N–H and O–H groups in total. The molecule has 6 nitrogen and oxygen atoms in total. The zero-order valence-corrected chi connectivity index (χ0v) is 17.1. The topological polar surface area (TPSA) is 75.7 Å². The van der Waals surface area contributed by atoms with Gasteiger partial charge in [0.05, 0.1) is 0 Å². The van der Waals surface area contributed by atoms with E-state index in [-0.39, 0.29) is 17.9 Å². The maximum Gasteiger partial charge on any atom is 0.308 e. The summed E-state index contributed by atoms with van der Waals surface area (Å²) < 4.78 is 5.90. The van der Waals surface area contributed by atoms with Gasteiger partial charge in [-0.1, -0.05) is 28.1 Å². The SMILES string of the molecule is CC(=O)Oc1cccc(C(=O)N2CCC(NC(=O)c3cccc(Br)c3)CC2)c1. The first-order chi connectivity index (χ1) is 13.4. The highest BCUT2D eigenvalue weighted by Crippen LogP contribution is 2.19. The Morgan fingerprint density at radius 2 is 1.71 bits per heavy atom. The Kier molecular flexibility index (Phi) is 6.46. The summed E-state index contributed by atoms with van der Waals surface area (Å²) in [7, 11) is 0. The predicted molar refractivity (Wildman–Crippen MR) is 108 cm³/mol. The molecule has 2 amide bonds. The molecule has 7 heteroatoms. The van der Waals surface area contributed by atoms with E-state index in [0.717, 1.165) is 4.47 Å². The number of carbonyl (C=O) groups excluding carboxylic acids is 3. The van der Waals surface area contributed by atoms with Crippen LogP contribution in [0.2, 0.25) is 0 Å². The van der Waals surface area contributed by atoms with Crippen LogP contribution in [0.4, 0.5) is 0 Å². The Morgan fingerprint density at radius 3 is 2.39 bits per heavy atom. The van der Waals surface area contributed by atoms with E-state index in [1.165, 1.54) is 6.92 Å². The zero-order valence-electron chi connectivity index (χ0n) is 15.5. The van der Waals surface area contributed by atoms with E-state index in [4.69, 9.17) is 4.74 Å². The van der Waals surface area contributed by atoms with Gasteiger partial charge in [0, 0.05) is 41.7 Å². The molecule has 2 aromatic carbocycles. The summed E-state index contributed by atoms with van der Waals surface area (Å²) in [5.41, 5.74) is 1.09. The van der Waals surface area contributed by atoms with E-state index in [9.17, 15) is 14.4 Å². The molecule has 1 heterocycles. The van der Waals surface area contributed by atoms with E-state index in [1.807, 2.05) is 12.1 Å². The molecular formula is C21H21BrN2O4. The predicted octanol–water partition coefficient (Wildman–Crippen LogP) is 3.41. The van der Waals surface area contributed by atoms with Crippen LogP contribution in [-0.4, -0.2) is 41.8 Å². The van der Waals surface area contributed by atoms with Crippen LogP contribution in [0.3, 0.4) is 0 Å². The average Bonchev–Trinajstić information content (AvgIpc) is 2.68. The summed E-state index contributed by atoms with van der Waals surface area (Å²) in [6, 6.07) is 13.9. The van der Waals surface area contributed by atoms with Gasteiger partial charge in [-0.2, -0.15) is 0 Å². The Labute approximate surface area is 172 Å². The molecule has 1 saturated heterocycles. The monoisotopic (exact) mass is 444 g/mol. The molecular weight excluding hydrogens is 424 g/mol. The second-order valence-electron chi connectivity index (χ2n) is 6.67. The largest absolute Gasteiger partial charge is 0.427 e. The molecule has 0 unspecified atom stereocenters. The molecule has 0 bridgehead atoms. The van der Waals surface area contributed by atoms with Gasteiger partial charge < -0.3 is 15.0 Å². The maximum atomic E-state index is 12.7. The van der Waals surface area contributed by atoms with Crippen molar-refractivity contribution in [1.82, 2.24) is 10.2 Å². The fourth-order valence-corrected chi connectivity index (χ4v) is 3.57. The molecule has 0 saturated carbocycles.